The van der Waals surface area contributed by atoms with Gasteiger partial charge in [0.2, 0.25) is 11.8 Å². The zero-order valence-corrected chi connectivity index (χ0v) is 40.5. The van der Waals surface area contributed by atoms with Crippen molar-refractivity contribution >= 4 is 17.6 Å². The number of methoxy groups -OCH3 is 1. The van der Waals surface area contributed by atoms with E-state index in [4.69, 9.17) is 14.2 Å². The maximum atomic E-state index is 13.3. The normalized spacial score (nSPS) is 18.5. The second-order valence-corrected chi connectivity index (χ2v) is 18.5. The lowest BCUT2D eigenvalue weighted by Crippen LogP contribution is -2.34. The van der Waals surface area contributed by atoms with Crippen LogP contribution in [0.3, 0.4) is 0 Å². The molecule has 2 rings (SSSR count). The van der Waals surface area contributed by atoms with Gasteiger partial charge in [-0.3, -0.25) is 14.4 Å². The largest absolute Gasteiger partial charge is 0.382 e. The summed E-state index contributed by atoms with van der Waals surface area (Å²) in [5, 5.41) is 5.92. The molecule has 0 bridgehead atoms. The van der Waals surface area contributed by atoms with Crippen molar-refractivity contribution in [3.05, 3.63) is 117 Å². The van der Waals surface area contributed by atoms with Gasteiger partial charge >= 0.3 is 0 Å². The molecular weight excluding hydrogens is 773 g/mol. The molecule has 0 saturated heterocycles. The molecular formula is C54H82N2O6. The molecule has 0 aliphatic heterocycles. The van der Waals surface area contributed by atoms with E-state index in [1.165, 1.54) is 54.4 Å². The van der Waals surface area contributed by atoms with Crippen molar-refractivity contribution in [3.8, 4) is 0 Å². The van der Waals surface area contributed by atoms with Crippen molar-refractivity contribution in [3.63, 3.8) is 0 Å². The van der Waals surface area contributed by atoms with E-state index in [1.54, 1.807) is 19.3 Å². The van der Waals surface area contributed by atoms with Crippen LogP contribution in [0.4, 0.5) is 0 Å². The molecule has 0 aromatic heterocycles. The first kappa shape index (κ1) is 54.0. The Morgan fingerprint density at radius 1 is 0.645 bits per heavy atom. The first-order chi connectivity index (χ1) is 29.4. The molecule has 344 valence electrons. The highest BCUT2D eigenvalue weighted by molar-refractivity contribution is 5.94. The fourth-order valence-corrected chi connectivity index (χ4v) is 8.08. The van der Waals surface area contributed by atoms with Crippen molar-refractivity contribution in [2.75, 3.05) is 53.2 Å². The molecule has 0 radical (unpaired) electrons. The SMILES string of the molecule is COCCOCCOCCNC(=O)[C@@H](CCCCNC(=O)/C=C(C)/C=C/C=C(C)/C=C/C1=C(C)CCCC1(C)C)CC(=O)/C=C(C)/C=C/C=C(C)/C=C/C1=C(C)CCCC1(C)C. The first-order valence-electron chi connectivity index (χ1n) is 23.0. The van der Waals surface area contributed by atoms with Gasteiger partial charge in [0.15, 0.2) is 5.78 Å². The van der Waals surface area contributed by atoms with Crippen LogP contribution in [0.1, 0.15) is 133 Å². The molecule has 2 amide bonds. The topological polar surface area (TPSA) is 103 Å². The number of rotatable bonds is 27. The lowest BCUT2D eigenvalue weighted by atomic mass is 9.72. The molecule has 8 heteroatoms. The summed E-state index contributed by atoms with van der Waals surface area (Å²) in [5.74, 6) is -0.913. The summed E-state index contributed by atoms with van der Waals surface area (Å²) >= 11 is 0. The van der Waals surface area contributed by atoms with Gasteiger partial charge in [0, 0.05) is 38.6 Å². The summed E-state index contributed by atoms with van der Waals surface area (Å²) in [7, 11) is 1.63. The van der Waals surface area contributed by atoms with Crippen LogP contribution in [-0.2, 0) is 28.6 Å². The Kier molecular flexibility index (Phi) is 25.5. The third-order valence-electron chi connectivity index (χ3n) is 11.7. The Bertz CT molecular complexity index is 1770. The number of hydrogen-bond donors (Lipinski definition) is 2. The third-order valence-corrected chi connectivity index (χ3v) is 11.7. The predicted molar refractivity (Wildman–Crippen MR) is 259 cm³/mol. The second kappa shape index (κ2) is 29.3. The molecule has 2 N–H and O–H groups in total. The Balaban J connectivity index is 1.93. The predicted octanol–water partition coefficient (Wildman–Crippen LogP) is 11.7. The number of allylic oxidation sites excluding steroid dienone is 19. The van der Waals surface area contributed by atoms with Gasteiger partial charge in [-0.1, -0.05) is 117 Å². The van der Waals surface area contributed by atoms with Crippen LogP contribution in [0.15, 0.2) is 117 Å². The fourth-order valence-electron chi connectivity index (χ4n) is 8.08. The number of unbranched alkanes of at least 4 members (excludes halogenated alkanes) is 1. The molecule has 0 saturated carbocycles. The molecule has 2 aliphatic carbocycles. The molecule has 0 unspecified atom stereocenters. The molecule has 2 aliphatic rings. The first-order valence-corrected chi connectivity index (χ1v) is 23.0. The average Bonchev–Trinajstić information content (AvgIpc) is 3.18. The quantitative estimate of drug-likeness (QED) is 0.0485. The number of ketones is 1. The summed E-state index contributed by atoms with van der Waals surface area (Å²) in [4.78, 5) is 39.2. The van der Waals surface area contributed by atoms with Gasteiger partial charge in [0.25, 0.3) is 0 Å². The van der Waals surface area contributed by atoms with E-state index in [9.17, 15) is 14.4 Å². The number of nitrogens with one attached hydrogen (secondary N) is 2. The summed E-state index contributed by atoms with van der Waals surface area (Å²) in [6, 6.07) is 0. The molecule has 0 aromatic rings. The Hall–Kier alpha value is -4.11. The maximum absolute atomic E-state index is 13.3. The highest BCUT2D eigenvalue weighted by Gasteiger charge is 2.27. The number of hydrogen-bond acceptors (Lipinski definition) is 6. The van der Waals surface area contributed by atoms with Crippen molar-refractivity contribution < 1.29 is 28.6 Å². The van der Waals surface area contributed by atoms with Crippen LogP contribution in [0.25, 0.3) is 0 Å². The number of carbonyl (C=O) groups is 3. The van der Waals surface area contributed by atoms with E-state index < -0.39 is 5.92 Å². The van der Waals surface area contributed by atoms with Gasteiger partial charge in [0.1, 0.15) is 0 Å². The van der Waals surface area contributed by atoms with E-state index in [2.05, 4.69) is 102 Å². The number of amides is 2. The van der Waals surface area contributed by atoms with Crippen molar-refractivity contribution in [2.24, 2.45) is 16.7 Å². The average molecular weight is 855 g/mol. The van der Waals surface area contributed by atoms with Crippen molar-refractivity contribution in [2.45, 2.75) is 133 Å². The highest BCUT2D eigenvalue weighted by Crippen LogP contribution is 2.41. The van der Waals surface area contributed by atoms with Gasteiger partial charge in [0.05, 0.1) is 33.0 Å². The van der Waals surface area contributed by atoms with Gasteiger partial charge in [-0.05, 0) is 132 Å². The lowest BCUT2D eigenvalue weighted by molar-refractivity contribution is -0.128. The van der Waals surface area contributed by atoms with Gasteiger partial charge in [-0.2, -0.15) is 0 Å². The van der Waals surface area contributed by atoms with Crippen LogP contribution >= 0.6 is 0 Å². The lowest BCUT2D eigenvalue weighted by Gasteiger charge is -2.33. The number of carbonyl (C=O) groups excluding carboxylic acids is 3. The Morgan fingerprint density at radius 3 is 1.69 bits per heavy atom. The smallest absolute Gasteiger partial charge is 0.244 e. The van der Waals surface area contributed by atoms with E-state index in [-0.39, 0.29) is 34.8 Å². The van der Waals surface area contributed by atoms with Gasteiger partial charge < -0.3 is 24.8 Å². The minimum Gasteiger partial charge on any atom is -0.382 e. The Morgan fingerprint density at radius 2 is 1.16 bits per heavy atom. The standard InChI is InChI=1S/C54H82N2O6/c1-41(25-27-49-45(5)22-16-29-53(49,7)8)18-14-20-43(3)38-48(57)40-47(52(59)56-32-33-61-36-37-62-35-34-60-11)24-12-13-31-55-51(58)39-44(4)21-15-19-42(2)26-28-50-46(6)23-17-30-54(50,9)10/h14-15,18-21,25-28,38-39,47H,12-13,16-17,22-24,29-37,40H2,1-11H3,(H,55,58)(H,56,59)/b20-14+,21-15+,27-25+,28-26+,41-18+,42-19+,43-38+,44-39+/t47-/m0/s1. The van der Waals surface area contributed by atoms with E-state index in [0.29, 0.717) is 65.4 Å². The van der Waals surface area contributed by atoms with Crippen LogP contribution in [0, 0.1) is 16.7 Å². The molecule has 1 atom stereocenters. The number of ether oxygens (including phenoxy) is 3. The molecule has 0 aromatic carbocycles. The van der Waals surface area contributed by atoms with Crippen LogP contribution in [0.2, 0.25) is 0 Å². The molecule has 62 heavy (non-hydrogen) atoms. The molecule has 0 heterocycles. The third kappa shape index (κ3) is 22.3. The maximum Gasteiger partial charge on any atom is 0.244 e. The van der Waals surface area contributed by atoms with Gasteiger partial charge in [-0.15, -0.1) is 0 Å². The van der Waals surface area contributed by atoms with Gasteiger partial charge in [-0.25, -0.2) is 0 Å². The Labute approximate surface area is 376 Å². The molecule has 0 spiro atoms. The van der Waals surface area contributed by atoms with E-state index in [0.717, 1.165) is 28.7 Å². The zero-order valence-electron chi connectivity index (χ0n) is 40.5. The summed E-state index contributed by atoms with van der Waals surface area (Å²) in [6.45, 7) is 24.8. The monoisotopic (exact) mass is 855 g/mol. The van der Waals surface area contributed by atoms with Crippen molar-refractivity contribution in [1.29, 1.82) is 0 Å². The van der Waals surface area contributed by atoms with Crippen LogP contribution in [0.5, 0.6) is 0 Å². The summed E-state index contributed by atoms with van der Waals surface area (Å²) < 4.78 is 16.0. The van der Waals surface area contributed by atoms with E-state index >= 15 is 0 Å². The molecule has 8 nitrogen and oxygen atoms in total. The highest BCUT2D eigenvalue weighted by atomic mass is 16.5. The second-order valence-electron chi connectivity index (χ2n) is 18.5. The summed E-state index contributed by atoms with van der Waals surface area (Å²) in [6.07, 6.45) is 33.3. The summed E-state index contributed by atoms with van der Waals surface area (Å²) in [5.41, 5.74) is 10.2. The van der Waals surface area contributed by atoms with Crippen LogP contribution < -0.4 is 10.6 Å². The zero-order chi connectivity index (χ0) is 46.0. The van der Waals surface area contributed by atoms with Crippen LogP contribution in [-0.4, -0.2) is 70.8 Å². The van der Waals surface area contributed by atoms with Crippen molar-refractivity contribution in [1.82, 2.24) is 10.6 Å². The van der Waals surface area contributed by atoms with E-state index in [1.807, 2.05) is 38.2 Å². The fraction of sp³-hybridized carbons (Fsp3) is 0.574. The minimum absolute atomic E-state index is 0.0945. The molecule has 0 fully saturated rings. The minimum atomic E-state index is -0.494.